The van der Waals surface area contributed by atoms with E-state index in [1.165, 1.54) is 13.2 Å². The van der Waals surface area contributed by atoms with E-state index in [-0.39, 0.29) is 18.2 Å². The van der Waals surface area contributed by atoms with Gasteiger partial charge in [0.2, 0.25) is 5.95 Å². The lowest BCUT2D eigenvalue weighted by atomic mass is 10.1. The summed E-state index contributed by atoms with van der Waals surface area (Å²) in [4.78, 5) is 8.75. The largest absolute Gasteiger partial charge is 0.494 e. The normalized spacial score (nSPS) is 16.4. The van der Waals surface area contributed by atoms with Crippen LogP contribution in [-0.4, -0.2) is 29.8 Å². The highest BCUT2D eigenvalue weighted by atomic mass is 79.9. The van der Waals surface area contributed by atoms with Gasteiger partial charge in [-0.3, -0.25) is 0 Å². The van der Waals surface area contributed by atoms with Gasteiger partial charge in [0.25, 0.3) is 0 Å². The van der Waals surface area contributed by atoms with Crippen molar-refractivity contribution in [3.05, 3.63) is 40.4 Å². The quantitative estimate of drug-likeness (QED) is 0.719. The molecule has 2 aromatic rings. The standard InChI is InChI=1S/C17H19BrFN3O2.ClH/c1-23-16-7-4-11(9-14(16)19)21-17-20-10-13(18)15(22-17)6-5-12-3-2-8-24-12;/h4,7,9-10,12H,2-3,5-6,8H2,1H3,(H,20,21,22);1H. The third-order valence-electron chi connectivity index (χ3n) is 3.95. The number of aryl methyl sites for hydroxylation is 1. The number of hydrogen-bond donors (Lipinski definition) is 1. The minimum Gasteiger partial charge on any atom is -0.494 e. The fraction of sp³-hybridized carbons (Fsp3) is 0.412. The maximum absolute atomic E-state index is 13.8. The number of methoxy groups -OCH3 is 1. The molecule has 25 heavy (non-hydrogen) atoms. The number of benzene rings is 1. The molecule has 0 bridgehead atoms. The van der Waals surface area contributed by atoms with Gasteiger partial charge < -0.3 is 14.8 Å². The van der Waals surface area contributed by atoms with E-state index in [0.29, 0.717) is 17.7 Å². The average Bonchev–Trinajstić information content (AvgIpc) is 3.09. The van der Waals surface area contributed by atoms with E-state index in [1.807, 2.05) is 0 Å². The van der Waals surface area contributed by atoms with Crippen LogP contribution in [0.2, 0.25) is 0 Å². The van der Waals surface area contributed by atoms with Crippen LogP contribution in [0.3, 0.4) is 0 Å². The van der Waals surface area contributed by atoms with E-state index in [1.54, 1.807) is 18.3 Å². The SMILES string of the molecule is COc1ccc(Nc2ncc(Br)c(CCC3CCCO3)n2)cc1F.Cl. The Morgan fingerprint density at radius 1 is 1.44 bits per heavy atom. The van der Waals surface area contributed by atoms with Gasteiger partial charge in [0.15, 0.2) is 11.6 Å². The second kappa shape index (κ2) is 9.31. The maximum Gasteiger partial charge on any atom is 0.227 e. The van der Waals surface area contributed by atoms with Crippen LogP contribution >= 0.6 is 28.3 Å². The Morgan fingerprint density at radius 3 is 2.96 bits per heavy atom. The predicted molar refractivity (Wildman–Crippen MR) is 101 cm³/mol. The van der Waals surface area contributed by atoms with Crippen LogP contribution in [0.4, 0.5) is 16.0 Å². The third kappa shape index (κ3) is 5.26. The lowest BCUT2D eigenvalue weighted by Gasteiger charge is -2.11. The first-order chi connectivity index (χ1) is 11.7. The van der Waals surface area contributed by atoms with Crippen LogP contribution in [0, 0.1) is 5.82 Å². The Balaban J connectivity index is 0.00000225. The zero-order chi connectivity index (χ0) is 16.9. The first-order valence-electron chi connectivity index (χ1n) is 7.89. The van der Waals surface area contributed by atoms with Crippen LogP contribution in [0.5, 0.6) is 5.75 Å². The summed E-state index contributed by atoms with van der Waals surface area (Å²) in [6.45, 7) is 0.853. The molecular weight excluding hydrogens is 413 g/mol. The van der Waals surface area contributed by atoms with Crippen LogP contribution in [0.15, 0.2) is 28.9 Å². The van der Waals surface area contributed by atoms with Crippen molar-refractivity contribution in [2.75, 3.05) is 19.0 Å². The van der Waals surface area contributed by atoms with Crippen LogP contribution in [0.1, 0.15) is 25.0 Å². The number of anilines is 2. The molecule has 136 valence electrons. The highest BCUT2D eigenvalue weighted by molar-refractivity contribution is 9.10. The molecule has 2 heterocycles. The molecule has 3 rings (SSSR count). The Labute approximate surface area is 160 Å². The molecule has 1 N–H and O–H groups in total. The van der Waals surface area contributed by atoms with Crippen molar-refractivity contribution < 1.29 is 13.9 Å². The number of ether oxygens (including phenoxy) is 2. The van der Waals surface area contributed by atoms with Crippen molar-refractivity contribution in [3.63, 3.8) is 0 Å². The summed E-state index contributed by atoms with van der Waals surface area (Å²) in [6.07, 6.45) is 6.01. The summed E-state index contributed by atoms with van der Waals surface area (Å²) >= 11 is 3.49. The lowest BCUT2D eigenvalue weighted by Crippen LogP contribution is -2.08. The van der Waals surface area contributed by atoms with Crippen molar-refractivity contribution >= 4 is 40.0 Å². The van der Waals surface area contributed by atoms with Crippen LogP contribution in [-0.2, 0) is 11.2 Å². The third-order valence-corrected chi connectivity index (χ3v) is 4.61. The second-order valence-corrected chi connectivity index (χ2v) is 6.49. The van der Waals surface area contributed by atoms with Gasteiger partial charge in [0, 0.05) is 24.6 Å². The number of rotatable bonds is 6. The van der Waals surface area contributed by atoms with Crippen molar-refractivity contribution in [1.82, 2.24) is 9.97 Å². The van der Waals surface area contributed by atoms with Crippen molar-refractivity contribution in [2.24, 2.45) is 0 Å². The van der Waals surface area contributed by atoms with Crippen molar-refractivity contribution in [3.8, 4) is 5.75 Å². The van der Waals surface area contributed by atoms with E-state index in [9.17, 15) is 4.39 Å². The van der Waals surface area contributed by atoms with E-state index in [4.69, 9.17) is 9.47 Å². The minimum absolute atomic E-state index is 0. The number of nitrogens with zero attached hydrogens (tertiary/aromatic N) is 2. The Kier molecular flexibility index (Phi) is 7.40. The summed E-state index contributed by atoms with van der Waals surface area (Å²) in [7, 11) is 1.43. The van der Waals surface area contributed by atoms with Gasteiger partial charge in [0.05, 0.1) is 23.4 Å². The molecule has 0 saturated carbocycles. The van der Waals surface area contributed by atoms with Gasteiger partial charge in [-0.2, -0.15) is 0 Å². The molecule has 1 aliphatic rings. The highest BCUT2D eigenvalue weighted by Crippen LogP contribution is 2.24. The molecule has 1 aromatic heterocycles. The molecule has 0 aliphatic carbocycles. The molecule has 5 nitrogen and oxygen atoms in total. The van der Waals surface area contributed by atoms with Crippen molar-refractivity contribution in [2.45, 2.75) is 31.8 Å². The van der Waals surface area contributed by atoms with Crippen LogP contribution in [0.25, 0.3) is 0 Å². The molecule has 1 fully saturated rings. The zero-order valence-corrected chi connectivity index (χ0v) is 16.2. The summed E-state index contributed by atoms with van der Waals surface area (Å²) in [5.41, 5.74) is 1.48. The van der Waals surface area contributed by atoms with Gasteiger partial charge in [0.1, 0.15) is 0 Å². The fourth-order valence-corrected chi connectivity index (χ4v) is 3.07. The monoisotopic (exact) mass is 431 g/mol. The Bertz CT molecular complexity index is 714. The van der Waals surface area contributed by atoms with Gasteiger partial charge in [-0.25, -0.2) is 14.4 Å². The number of nitrogens with one attached hydrogen (secondary N) is 1. The Hall–Kier alpha value is -1.44. The number of halogens is 3. The molecule has 1 aromatic carbocycles. The molecule has 1 saturated heterocycles. The first kappa shape index (κ1) is 19.9. The summed E-state index contributed by atoms with van der Waals surface area (Å²) in [5.74, 6) is 0.206. The van der Waals surface area contributed by atoms with E-state index < -0.39 is 5.82 Å². The molecule has 0 spiro atoms. The van der Waals surface area contributed by atoms with E-state index in [2.05, 4.69) is 31.2 Å². The number of aromatic nitrogens is 2. The molecular formula is C17H20BrClFN3O2. The van der Waals surface area contributed by atoms with Gasteiger partial charge in [-0.05, 0) is 53.7 Å². The smallest absolute Gasteiger partial charge is 0.227 e. The maximum atomic E-state index is 13.8. The molecule has 8 heteroatoms. The van der Waals surface area contributed by atoms with E-state index >= 15 is 0 Å². The first-order valence-corrected chi connectivity index (χ1v) is 8.68. The van der Waals surface area contributed by atoms with Gasteiger partial charge >= 0.3 is 0 Å². The fourth-order valence-electron chi connectivity index (χ4n) is 2.68. The molecule has 1 unspecified atom stereocenters. The minimum atomic E-state index is -0.432. The summed E-state index contributed by atoms with van der Waals surface area (Å²) in [6, 6.07) is 4.64. The molecule has 0 radical (unpaired) electrons. The summed E-state index contributed by atoms with van der Waals surface area (Å²) < 4.78 is 25.2. The predicted octanol–water partition coefficient (Wildman–Crippen LogP) is 4.66. The topological polar surface area (TPSA) is 56.3 Å². The molecule has 0 amide bonds. The average molecular weight is 433 g/mol. The van der Waals surface area contributed by atoms with Gasteiger partial charge in [-0.1, -0.05) is 0 Å². The number of hydrogen-bond acceptors (Lipinski definition) is 5. The van der Waals surface area contributed by atoms with Crippen LogP contribution < -0.4 is 10.1 Å². The zero-order valence-electron chi connectivity index (χ0n) is 13.8. The molecule has 1 atom stereocenters. The van der Waals surface area contributed by atoms with Gasteiger partial charge in [-0.15, -0.1) is 12.4 Å². The van der Waals surface area contributed by atoms with Crippen molar-refractivity contribution in [1.29, 1.82) is 0 Å². The second-order valence-electron chi connectivity index (χ2n) is 5.64. The highest BCUT2D eigenvalue weighted by Gasteiger charge is 2.16. The lowest BCUT2D eigenvalue weighted by molar-refractivity contribution is 0.104. The molecule has 1 aliphatic heterocycles. The summed E-state index contributed by atoms with van der Waals surface area (Å²) in [5, 5.41) is 3.02. The van der Waals surface area contributed by atoms with E-state index in [0.717, 1.165) is 42.5 Å². The Morgan fingerprint density at radius 2 is 2.28 bits per heavy atom.